The number of nitrogens with zero attached hydrogens (tertiary/aromatic N) is 1. The van der Waals surface area contributed by atoms with Crippen molar-refractivity contribution in [1.82, 2.24) is 10.3 Å². The fourth-order valence-electron chi connectivity index (χ4n) is 1.96. The molecule has 0 bridgehead atoms. The van der Waals surface area contributed by atoms with Gasteiger partial charge in [-0.15, -0.1) is 11.3 Å². The first kappa shape index (κ1) is 14.7. The Morgan fingerprint density at radius 2 is 2.20 bits per heavy atom. The molecule has 0 fully saturated rings. The molecule has 0 unspecified atom stereocenters. The molecule has 1 aromatic carbocycles. The minimum Gasteiger partial charge on any atom is -0.346 e. The first-order valence-corrected chi connectivity index (χ1v) is 7.56. The lowest BCUT2D eigenvalue weighted by Crippen LogP contribution is -2.24. The predicted molar refractivity (Wildman–Crippen MR) is 81.9 cm³/mol. The zero-order valence-electron chi connectivity index (χ0n) is 11.6. The average Bonchev–Trinajstić information content (AvgIpc) is 2.94. The van der Waals surface area contributed by atoms with Gasteiger partial charge in [0.05, 0.1) is 6.54 Å². The maximum atomic E-state index is 12.2. The number of nitrogens with two attached hydrogens (primary N) is 1. The van der Waals surface area contributed by atoms with Gasteiger partial charge in [-0.2, -0.15) is 0 Å². The summed E-state index contributed by atoms with van der Waals surface area (Å²) in [6.45, 7) is 3.11. The highest BCUT2D eigenvalue weighted by atomic mass is 32.1. The van der Waals surface area contributed by atoms with Crippen LogP contribution >= 0.6 is 11.3 Å². The summed E-state index contributed by atoms with van der Waals surface area (Å²) in [6.07, 6.45) is 3.56. The van der Waals surface area contributed by atoms with Crippen LogP contribution in [0.15, 0.2) is 30.5 Å². The van der Waals surface area contributed by atoms with Gasteiger partial charge in [0.2, 0.25) is 0 Å². The van der Waals surface area contributed by atoms with Crippen molar-refractivity contribution in [2.75, 3.05) is 6.54 Å². The van der Waals surface area contributed by atoms with E-state index in [1.165, 1.54) is 4.88 Å². The summed E-state index contributed by atoms with van der Waals surface area (Å²) in [5.74, 6) is -0.0673. The number of hydrogen-bond donors (Lipinski definition) is 2. The smallest absolute Gasteiger partial charge is 0.251 e. The second kappa shape index (κ2) is 7.17. The van der Waals surface area contributed by atoms with Crippen LogP contribution in [0.25, 0.3) is 0 Å². The average molecular weight is 289 g/mol. The Morgan fingerprint density at radius 3 is 2.90 bits per heavy atom. The van der Waals surface area contributed by atoms with Crippen molar-refractivity contribution in [3.63, 3.8) is 0 Å². The molecule has 2 aromatic rings. The number of rotatable bonds is 6. The fraction of sp³-hybridized carbons (Fsp3) is 0.333. The van der Waals surface area contributed by atoms with Crippen LogP contribution in [-0.4, -0.2) is 17.4 Å². The summed E-state index contributed by atoms with van der Waals surface area (Å²) in [4.78, 5) is 17.7. The molecule has 0 atom stereocenters. The topological polar surface area (TPSA) is 68.0 Å². The van der Waals surface area contributed by atoms with E-state index in [1.807, 2.05) is 30.5 Å². The van der Waals surface area contributed by atoms with Crippen LogP contribution < -0.4 is 11.1 Å². The monoisotopic (exact) mass is 289 g/mol. The van der Waals surface area contributed by atoms with Gasteiger partial charge in [-0.1, -0.05) is 25.1 Å². The lowest BCUT2D eigenvalue weighted by atomic mass is 10.0. The number of amides is 1. The van der Waals surface area contributed by atoms with Crippen molar-refractivity contribution in [2.24, 2.45) is 5.73 Å². The Balaban J connectivity index is 2.01. The summed E-state index contributed by atoms with van der Waals surface area (Å²) in [6, 6.07) is 7.57. The number of nitrogens with one attached hydrogen (secondary N) is 1. The van der Waals surface area contributed by atoms with Gasteiger partial charge in [-0.05, 0) is 31.0 Å². The van der Waals surface area contributed by atoms with Gasteiger partial charge in [0.15, 0.2) is 0 Å². The van der Waals surface area contributed by atoms with E-state index in [-0.39, 0.29) is 5.91 Å². The second-order valence-corrected chi connectivity index (χ2v) is 5.65. The minimum atomic E-state index is -0.0673. The number of carbonyl (C=O) groups excluding carboxylic acids is 1. The van der Waals surface area contributed by atoms with E-state index in [0.717, 1.165) is 17.0 Å². The van der Waals surface area contributed by atoms with Crippen LogP contribution in [0.2, 0.25) is 0 Å². The SMILES string of the molecule is CCc1cnc(CNC(=O)c2ccccc2CCN)s1. The first-order valence-electron chi connectivity index (χ1n) is 6.74. The third kappa shape index (κ3) is 3.65. The summed E-state index contributed by atoms with van der Waals surface area (Å²) in [5.41, 5.74) is 7.26. The van der Waals surface area contributed by atoms with E-state index in [4.69, 9.17) is 5.73 Å². The molecule has 1 aromatic heterocycles. The Bertz CT molecular complexity index is 580. The van der Waals surface area contributed by atoms with Gasteiger partial charge in [0.25, 0.3) is 5.91 Å². The summed E-state index contributed by atoms with van der Waals surface area (Å²) in [7, 11) is 0. The van der Waals surface area contributed by atoms with Crippen molar-refractivity contribution in [3.05, 3.63) is 51.5 Å². The van der Waals surface area contributed by atoms with Gasteiger partial charge in [-0.25, -0.2) is 4.98 Å². The Labute approximate surface area is 123 Å². The molecule has 106 valence electrons. The maximum absolute atomic E-state index is 12.2. The van der Waals surface area contributed by atoms with Gasteiger partial charge >= 0.3 is 0 Å². The van der Waals surface area contributed by atoms with E-state index in [2.05, 4.69) is 17.2 Å². The highest BCUT2D eigenvalue weighted by Gasteiger charge is 2.10. The Hall–Kier alpha value is -1.72. The number of thiazole rings is 1. The molecule has 5 heteroatoms. The van der Waals surface area contributed by atoms with Crippen molar-refractivity contribution < 1.29 is 4.79 Å². The van der Waals surface area contributed by atoms with E-state index < -0.39 is 0 Å². The van der Waals surface area contributed by atoms with Crippen molar-refractivity contribution in [3.8, 4) is 0 Å². The molecule has 3 N–H and O–H groups in total. The van der Waals surface area contributed by atoms with Crippen molar-refractivity contribution in [2.45, 2.75) is 26.3 Å². The lowest BCUT2D eigenvalue weighted by molar-refractivity contribution is 0.0950. The molecule has 4 nitrogen and oxygen atoms in total. The molecule has 0 aliphatic rings. The Kier molecular flexibility index (Phi) is 5.26. The third-order valence-corrected chi connectivity index (χ3v) is 4.17. The zero-order chi connectivity index (χ0) is 14.4. The van der Waals surface area contributed by atoms with Crippen LogP contribution in [0.3, 0.4) is 0 Å². The zero-order valence-corrected chi connectivity index (χ0v) is 12.4. The molecular formula is C15H19N3OS. The molecule has 1 amide bonds. The highest BCUT2D eigenvalue weighted by Crippen LogP contribution is 2.14. The van der Waals surface area contributed by atoms with Crippen molar-refractivity contribution >= 4 is 17.2 Å². The highest BCUT2D eigenvalue weighted by molar-refractivity contribution is 7.11. The molecule has 0 radical (unpaired) electrons. The van der Waals surface area contributed by atoms with Gasteiger partial charge in [0.1, 0.15) is 5.01 Å². The van der Waals surface area contributed by atoms with E-state index >= 15 is 0 Å². The number of aryl methyl sites for hydroxylation is 1. The minimum absolute atomic E-state index is 0.0673. The van der Waals surface area contributed by atoms with Crippen LogP contribution in [0.4, 0.5) is 0 Å². The van der Waals surface area contributed by atoms with Gasteiger partial charge < -0.3 is 11.1 Å². The summed E-state index contributed by atoms with van der Waals surface area (Å²) in [5, 5.41) is 3.86. The molecule has 0 aliphatic heterocycles. The molecule has 2 rings (SSSR count). The molecular weight excluding hydrogens is 270 g/mol. The molecule has 20 heavy (non-hydrogen) atoms. The van der Waals surface area contributed by atoms with Crippen LogP contribution in [0.5, 0.6) is 0 Å². The normalized spacial score (nSPS) is 10.5. The van der Waals surface area contributed by atoms with Crippen LogP contribution in [0, 0.1) is 0 Å². The molecule has 0 saturated heterocycles. The van der Waals surface area contributed by atoms with Crippen LogP contribution in [-0.2, 0) is 19.4 Å². The lowest BCUT2D eigenvalue weighted by Gasteiger charge is -2.08. The second-order valence-electron chi connectivity index (χ2n) is 4.45. The third-order valence-electron chi connectivity index (χ3n) is 3.03. The first-order chi connectivity index (χ1) is 9.74. The number of carbonyl (C=O) groups is 1. The molecule has 0 spiro atoms. The fourth-order valence-corrected chi connectivity index (χ4v) is 2.76. The number of hydrogen-bond acceptors (Lipinski definition) is 4. The Morgan fingerprint density at radius 1 is 1.40 bits per heavy atom. The van der Waals surface area contributed by atoms with Crippen LogP contribution in [0.1, 0.15) is 32.7 Å². The number of aromatic nitrogens is 1. The van der Waals surface area contributed by atoms with E-state index in [9.17, 15) is 4.79 Å². The van der Waals surface area contributed by atoms with Gasteiger partial charge in [0, 0.05) is 16.6 Å². The van der Waals surface area contributed by atoms with E-state index in [1.54, 1.807) is 11.3 Å². The summed E-state index contributed by atoms with van der Waals surface area (Å²) < 4.78 is 0. The summed E-state index contributed by atoms with van der Waals surface area (Å²) >= 11 is 1.64. The largest absolute Gasteiger partial charge is 0.346 e. The van der Waals surface area contributed by atoms with Gasteiger partial charge in [-0.3, -0.25) is 4.79 Å². The molecule has 1 heterocycles. The molecule has 0 saturated carbocycles. The standard InChI is InChI=1S/C15H19N3OS/c1-2-12-9-17-14(20-12)10-18-15(19)13-6-4-3-5-11(13)7-8-16/h3-6,9H,2,7-8,10,16H2,1H3,(H,18,19). The number of benzene rings is 1. The quantitative estimate of drug-likeness (QED) is 0.856. The van der Waals surface area contributed by atoms with E-state index in [0.29, 0.717) is 25.1 Å². The molecule has 0 aliphatic carbocycles. The maximum Gasteiger partial charge on any atom is 0.251 e. The predicted octanol–water partition coefficient (Wildman–Crippen LogP) is 2.14. The van der Waals surface area contributed by atoms with Crippen molar-refractivity contribution in [1.29, 1.82) is 0 Å².